The molecule has 1 saturated heterocycles. The van der Waals surface area contributed by atoms with Crippen molar-refractivity contribution in [2.45, 2.75) is 13.8 Å². The maximum absolute atomic E-state index is 12.3. The smallest absolute Gasteiger partial charge is 0.251 e. The Kier molecular flexibility index (Phi) is 6.12. The van der Waals surface area contributed by atoms with Gasteiger partial charge >= 0.3 is 0 Å². The van der Waals surface area contributed by atoms with Crippen LogP contribution in [0.4, 0.5) is 5.69 Å². The molecule has 0 radical (unpaired) electrons. The number of hydrogen-bond donors (Lipinski definition) is 1. The second-order valence-electron chi connectivity index (χ2n) is 6.52. The van der Waals surface area contributed by atoms with Crippen LogP contribution < -0.4 is 15.0 Å². The second kappa shape index (κ2) is 8.72. The van der Waals surface area contributed by atoms with Gasteiger partial charge in [-0.25, -0.2) is 0 Å². The minimum atomic E-state index is -0.0808. The van der Waals surface area contributed by atoms with Crippen molar-refractivity contribution >= 4 is 11.6 Å². The third-order valence-corrected chi connectivity index (χ3v) is 4.48. The number of nitrogens with zero attached hydrogens (tertiary/aromatic N) is 1. The minimum absolute atomic E-state index is 0.0808. The van der Waals surface area contributed by atoms with E-state index in [1.54, 1.807) is 0 Å². The van der Waals surface area contributed by atoms with Crippen LogP contribution in [0.1, 0.15) is 21.5 Å². The van der Waals surface area contributed by atoms with E-state index in [9.17, 15) is 4.79 Å². The van der Waals surface area contributed by atoms with E-state index < -0.39 is 0 Å². The number of hydrogen-bond acceptors (Lipinski definition) is 4. The monoisotopic (exact) mass is 354 g/mol. The van der Waals surface area contributed by atoms with Crippen molar-refractivity contribution < 1.29 is 14.3 Å². The van der Waals surface area contributed by atoms with Crippen LogP contribution in [-0.4, -0.2) is 45.4 Å². The number of morpholine rings is 1. The van der Waals surface area contributed by atoms with E-state index in [0.717, 1.165) is 43.3 Å². The molecule has 5 heteroatoms. The Hall–Kier alpha value is -2.53. The zero-order valence-electron chi connectivity index (χ0n) is 15.5. The number of ether oxygens (including phenoxy) is 2. The zero-order valence-corrected chi connectivity index (χ0v) is 15.5. The Morgan fingerprint density at radius 3 is 2.54 bits per heavy atom. The fraction of sp³-hybridized carbons (Fsp3) is 0.381. The first-order chi connectivity index (χ1) is 12.6. The van der Waals surface area contributed by atoms with Gasteiger partial charge in [-0.1, -0.05) is 17.7 Å². The fourth-order valence-electron chi connectivity index (χ4n) is 3.03. The molecule has 0 unspecified atom stereocenters. The molecule has 0 spiro atoms. The summed E-state index contributed by atoms with van der Waals surface area (Å²) in [7, 11) is 0. The van der Waals surface area contributed by atoms with Gasteiger partial charge in [0, 0.05) is 24.3 Å². The molecule has 1 fully saturated rings. The summed E-state index contributed by atoms with van der Waals surface area (Å²) < 4.78 is 11.1. The second-order valence-corrected chi connectivity index (χ2v) is 6.52. The van der Waals surface area contributed by atoms with Gasteiger partial charge in [-0.3, -0.25) is 4.79 Å². The van der Waals surface area contributed by atoms with Crippen molar-refractivity contribution in [3.8, 4) is 5.75 Å². The van der Waals surface area contributed by atoms with Gasteiger partial charge in [-0.2, -0.15) is 0 Å². The van der Waals surface area contributed by atoms with Crippen LogP contribution in [0.2, 0.25) is 0 Å². The Morgan fingerprint density at radius 1 is 1.12 bits per heavy atom. The molecule has 0 atom stereocenters. The largest absolute Gasteiger partial charge is 0.491 e. The van der Waals surface area contributed by atoms with E-state index in [1.165, 1.54) is 5.56 Å². The molecule has 0 saturated carbocycles. The quantitative estimate of drug-likeness (QED) is 0.811. The third kappa shape index (κ3) is 4.76. The normalized spacial score (nSPS) is 14.2. The van der Waals surface area contributed by atoms with Crippen LogP contribution in [0, 0.1) is 13.8 Å². The van der Waals surface area contributed by atoms with Crippen molar-refractivity contribution in [2.75, 3.05) is 44.4 Å². The fourth-order valence-corrected chi connectivity index (χ4v) is 3.03. The molecule has 0 bridgehead atoms. The van der Waals surface area contributed by atoms with Crippen molar-refractivity contribution in [1.82, 2.24) is 5.32 Å². The lowest BCUT2D eigenvalue weighted by Crippen LogP contribution is -2.36. The van der Waals surface area contributed by atoms with Crippen molar-refractivity contribution in [3.63, 3.8) is 0 Å². The summed E-state index contributed by atoms with van der Waals surface area (Å²) in [5.74, 6) is 0.780. The first-order valence-corrected chi connectivity index (χ1v) is 9.04. The zero-order chi connectivity index (χ0) is 18.4. The molecular formula is C21H26N2O3. The van der Waals surface area contributed by atoms with Crippen LogP contribution in [0.15, 0.2) is 42.5 Å². The Morgan fingerprint density at radius 2 is 1.85 bits per heavy atom. The number of amides is 1. The van der Waals surface area contributed by atoms with Gasteiger partial charge in [0.15, 0.2) is 0 Å². The van der Waals surface area contributed by atoms with Crippen molar-refractivity contribution in [3.05, 3.63) is 59.2 Å². The van der Waals surface area contributed by atoms with E-state index in [0.29, 0.717) is 18.7 Å². The number of anilines is 1. The Labute approximate surface area is 154 Å². The number of rotatable bonds is 6. The molecule has 2 aromatic rings. The summed E-state index contributed by atoms with van der Waals surface area (Å²) >= 11 is 0. The SMILES string of the molecule is Cc1ccc(OCCNC(=O)c2ccc(N3CCOCC3)cc2)c(C)c1. The lowest BCUT2D eigenvalue weighted by molar-refractivity contribution is 0.0947. The highest BCUT2D eigenvalue weighted by molar-refractivity contribution is 5.94. The predicted molar refractivity (Wildman–Crippen MR) is 103 cm³/mol. The van der Waals surface area contributed by atoms with Crippen LogP contribution in [0.3, 0.4) is 0 Å². The summed E-state index contributed by atoms with van der Waals surface area (Å²) in [6, 6.07) is 13.8. The van der Waals surface area contributed by atoms with E-state index in [2.05, 4.69) is 23.2 Å². The highest BCUT2D eigenvalue weighted by Gasteiger charge is 2.12. The van der Waals surface area contributed by atoms with Gasteiger partial charge < -0.3 is 19.7 Å². The Bertz CT molecular complexity index is 737. The lowest BCUT2D eigenvalue weighted by Gasteiger charge is -2.28. The molecule has 1 aliphatic heterocycles. The number of carbonyl (C=O) groups is 1. The number of nitrogens with one attached hydrogen (secondary N) is 1. The highest BCUT2D eigenvalue weighted by Crippen LogP contribution is 2.18. The van der Waals surface area contributed by atoms with Gasteiger partial charge in [-0.15, -0.1) is 0 Å². The molecule has 5 nitrogen and oxygen atoms in total. The summed E-state index contributed by atoms with van der Waals surface area (Å²) in [4.78, 5) is 14.5. The van der Waals surface area contributed by atoms with Crippen molar-refractivity contribution in [1.29, 1.82) is 0 Å². The third-order valence-electron chi connectivity index (χ3n) is 4.48. The van der Waals surface area contributed by atoms with Gasteiger partial charge in [0.2, 0.25) is 0 Å². The van der Waals surface area contributed by atoms with E-state index in [4.69, 9.17) is 9.47 Å². The van der Waals surface area contributed by atoms with Gasteiger partial charge in [0.25, 0.3) is 5.91 Å². The van der Waals surface area contributed by atoms with Crippen LogP contribution >= 0.6 is 0 Å². The predicted octanol–water partition coefficient (Wildman–Crippen LogP) is 2.95. The topological polar surface area (TPSA) is 50.8 Å². The van der Waals surface area contributed by atoms with Gasteiger partial charge in [0.05, 0.1) is 19.8 Å². The number of aryl methyl sites for hydroxylation is 2. The summed E-state index contributed by atoms with van der Waals surface area (Å²) in [6.07, 6.45) is 0. The summed E-state index contributed by atoms with van der Waals surface area (Å²) in [6.45, 7) is 8.28. The first kappa shape index (κ1) is 18.3. The maximum Gasteiger partial charge on any atom is 0.251 e. The molecule has 1 heterocycles. The van der Waals surface area contributed by atoms with Crippen LogP contribution in [0.5, 0.6) is 5.75 Å². The molecule has 1 aliphatic rings. The maximum atomic E-state index is 12.3. The number of carbonyl (C=O) groups excluding carboxylic acids is 1. The highest BCUT2D eigenvalue weighted by atomic mass is 16.5. The molecule has 0 aromatic heterocycles. The standard InChI is InChI=1S/C21H26N2O3/c1-16-3-8-20(17(2)15-16)26-12-9-22-21(24)18-4-6-19(7-5-18)23-10-13-25-14-11-23/h3-8,15H,9-14H2,1-2H3,(H,22,24). The molecule has 3 rings (SSSR count). The summed E-state index contributed by atoms with van der Waals surface area (Å²) in [5, 5.41) is 2.90. The Balaban J connectivity index is 1.45. The molecule has 0 aliphatic carbocycles. The molecule has 1 amide bonds. The molecule has 138 valence electrons. The van der Waals surface area contributed by atoms with E-state index in [1.807, 2.05) is 43.3 Å². The van der Waals surface area contributed by atoms with Crippen LogP contribution in [0.25, 0.3) is 0 Å². The van der Waals surface area contributed by atoms with E-state index in [-0.39, 0.29) is 5.91 Å². The summed E-state index contributed by atoms with van der Waals surface area (Å²) in [5.41, 5.74) is 4.11. The van der Waals surface area contributed by atoms with Crippen LogP contribution in [-0.2, 0) is 4.74 Å². The molecule has 2 aromatic carbocycles. The number of benzene rings is 2. The molecule has 26 heavy (non-hydrogen) atoms. The lowest BCUT2D eigenvalue weighted by atomic mass is 10.1. The molecular weight excluding hydrogens is 328 g/mol. The van der Waals surface area contributed by atoms with Crippen molar-refractivity contribution in [2.24, 2.45) is 0 Å². The average molecular weight is 354 g/mol. The first-order valence-electron chi connectivity index (χ1n) is 9.04. The molecule has 1 N–H and O–H groups in total. The van der Waals surface area contributed by atoms with Gasteiger partial charge in [0.1, 0.15) is 12.4 Å². The average Bonchev–Trinajstić information content (AvgIpc) is 2.67. The van der Waals surface area contributed by atoms with Gasteiger partial charge in [-0.05, 0) is 49.7 Å². The van der Waals surface area contributed by atoms with E-state index >= 15 is 0 Å². The minimum Gasteiger partial charge on any atom is -0.491 e.